The molecule has 3 aromatic rings. The molecule has 0 saturated heterocycles. The molecule has 106 valence electrons. The van der Waals surface area contributed by atoms with Gasteiger partial charge in [-0.25, -0.2) is 8.78 Å². The molecule has 0 atom stereocenters. The van der Waals surface area contributed by atoms with Gasteiger partial charge in [-0.2, -0.15) is 0 Å². The average molecular weight is 287 g/mol. The molecule has 0 aliphatic carbocycles. The maximum atomic E-state index is 13.5. The van der Waals surface area contributed by atoms with E-state index in [0.717, 1.165) is 17.5 Å². The number of halogens is 2. The fourth-order valence-electron chi connectivity index (χ4n) is 2.14. The van der Waals surface area contributed by atoms with Crippen molar-refractivity contribution in [3.8, 4) is 0 Å². The van der Waals surface area contributed by atoms with Crippen LogP contribution in [0.5, 0.6) is 0 Å². The highest BCUT2D eigenvalue weighted by molar-refractivity contribution is 5.95. The zero-order valence-corrected chi connectivity index (χ0v) is 10.9. The van der Waals surface area contributed by atoms with Crippen molar-refractivity contribution in [2.45, 2.75) is 6.42 Å². The van der Waals surface area contributed by atoms with E-state index in [0.29, 0.717) is 11.1 Å². The maximum absolute atomic E-state index is 13.5. The molecule has 0 saturated carbocycles. The Balaban J connectivity index is 1.81. The van der Waals surface area contributed by atoms with E-state index in [1.54, 1.807) is 6.07 Å². The number of carbonyl (C=O) groups is 1. The summed E-state index contributed by atoms with van der Waals surface area (Å²) in [6.07, 6.45) is 1.45. The predicted molar refractivity (Wildman–Crippen MR) is 74.9 cm³/mol. The van der Waals surface area contributed by atoms with Crippen molar-refractivity contribution in [2.24, 2.45) is 0 Å². The summed E-state index contributed by atoms with van der Waals surface area (Å²) in [4.78, 5) is 11.9. The summed E-state index contributed by atoms with van der Waals surface area (Å²) in [5.74, 6) is -2.12. The first-order valence-corrected chi connectivity index (χ1v) is 6.34. The van der Waals surface area contributed by atoms with Crippen LogP contribution in [0.1, 0.15) is 5.56 Å². The van der Waals surface area contributed by atoms with Gasteiger partial charge in [0.25, 0.3) is 0 Å². The first kappa shape index (κ1) is 13.3. The highest BCUT2D eigenvalue weighted by Crippen LogP contribution is 2.22. The van der Waals surface area contributed by atoms with Gasteiger partial charge in [0.05, 0.1) is 12.7 Å². The Morgan fingerprint density at radius 2 is 1.76 bits per heavy atom. The Morgan fingerprint density at radius 1 is 1.05 bits per heavy atom. The summed E-state index contributed by atoms with van der Waals surface area (Å²) in [5, 5.41) is 3.06. The van der Waals surface area contributed by atoms with Crippen molar-refractivity contribution in [3.63, 3.8) is 0 Å². The minimum atomic E-state index is -0.805. The van der Waals surface area contributed by atoms with Gasteiger partial charge in [0.15, 0.2) is 0 Å². The number of benzene rings is 2. The van der Waals surface area contributed by atoms with Crippen molar-refractivity contribution >= 4 is 22.6 Å². The normalized spacial score (nSPS) is 10.8. The van der Waals surface area contributed by atoms with Crippen molar-refractivity contribution in [1.82, 2.24) is 0 Å². The van der Waals surface area contributed by atoms with Crippen LogP contribution < -0.4 is 5.32 Å². The van der Waals surface area contributed by atoms with E-state index in [9.17, 15) is 13.6 Å². The summed E-state index contributed by atoms with van der Waals surface area (Å²) in [6, 6.07) is 10.7. The number of fused-ring (bicyclic) bond motifs is 1. The summed E-state index contributed by atoms with van der Waals surface area (Å²) in [6.45, 7) is 0. The molecule has 21 heavy (non-hydrogen) atoms. The molecule has 3 rings (SSSR count). The number of nitrogens with one attached hydrogen (secondary N) is 1. The zero-order chi connectivity index (χ0) is 14.8. The Kier molecular flexibility index (Phi) is 3.39. The lowest BCUT2D eigenvalue weighted by Crippen LogP contribution is -2.16. The Labute approximate surface area is 119 Å². The lowest BCUT2D eigenvalue weighted by Gasteiger charge is -2.06. The Morgan fingerprint density at radius 3 is 2.52 bits per heavy atom. The van der Waals surface area contributed by atoms with Crippen molar-refractivity contribution in [2.75, 3.05) is 5.32 Å². The Hall–Kier alpha value is -2.69. The number of para-hydroxylation sites is 2. The largest absolute Gasteiger partial charge is 0.464 e. The van der Waals surface area contributed by atoms with E-state index in [2.05, 4.69) is 5.32 Å². The molecule has 1 amide bonds. The van der Waals surface area contributed by atoms with Crippen LogP contribution >= 0.6 is 0 Å². The van der Waals surface area contributed by atoms with Crippen LogP contribution in [0.25, 0.3) is 11.0 Å². The van der Waals surface area contributed by atoms with Gasteiger partial charge in [-0.05, 0) is 18.2 Å². The maximum Gasteiger partial charge on any atom is 0.229 e. The van der Waals surface area contributed by atoms with E-state index < -0.39 is 23.2 Å². The number of amides is 1. The minimum absolute atomic E-state index is 0.0230. The first-order valence-electron chi connectivity index (χ1n) is 6.34. The van der Waals surface area contributed by atoms with Crippen LogP contribution in [0.3, 0.4) is 0 Å². The first-order chi connectivity index (χ1) is 10.1. The van der Waals surface area contributed by atoms with Gasteiger partial charge in [0.1, 0.15) is 22.9 Å². The summed E-state index contributed by atoms with van der Waals surface area (Å²) >= 11 is 0. The average Bonchev–Trinajstić information content (AvgIpc) is 2.87. The second kappa shape index (κ2) is 5.36. The molecule has 3 nitrogen and oxygen atoms in total. The summed E-state index contributed by atoms with van der Waals surface area (Å²) < 4.78 is 32.3. The van der Waals surface area contributed by atoms with Gasteiger partial charge < -0.3 is 9.73 Å². The molecular formula is C16H11F2NO2. The lowest BCUT2D eigenvalue weighted by molar-refractivity contribution is -0.115. The van der Waals surface area contributed by atoms with Crippen molar-refractivity contribution in [1.29, 1.82) is 0 Å². The molecular weight excluding hydrogens is 276 g/mol. The van der Waals surface area contributed by atoms with Gasteiger partial charge in [0.2, 0.25) is 5.91 Å². The molecule has 0 aliphatic heterocycles. The number of furan rings is 1. The minimum Gasteiger partial charge on any atom is -0.464 e. The molecule has 2 aromatic carbocycles. The molecule has 1 N–H and O–H groups in total. The van der Waals surface area contributed by atoms with Gasteiger partial charge in [-0.15, -0.1) is 0 Å². The van der Waals surface area contributed by atoms with Crippen LogP contribution in [-0.4, -0.2) is 5.91 Å². The molecule has 0 fully saturated rings. The molecule has 1 heterocycles. The predicted octanol–water partition coefficient (Wildman–Crippen LogP) is 3.89. The molecule has 0 bridgehead atoms. The second-order valence-electron chi connectivity index (χ2n) is 4.58. The van der Waals surface area contributed by atoms with E-state index in [4.69, 9.17) is 4.42 Å². The van der Waals surface area contributed by atoms with Gasteiger partial charge >= 0.3 is 0 Å². The number of hydrogen-bond acceptors (Lipinski definition) is 2. The van der Waals surface area contributed by atoms with E-state index in [1.807, 2.05) is 18.2 Å². The molecule has 0 radical (unpaired) electrons. The van der Waals surface area contributed by atoms with E-state index in [1.165, 1.54) is 12.3 Å². The third kappa shape index (κ3) is 2.63. The molecule has 0 unspecified atom stereocenters. The number of anilines is 1. The van der Waals surface area contributed by atoms with Crippen LogP contribution in [0, 0.1) is 11.6 Å². The molecule has 1 aromatic heterocycles. The third-order valence-corrected chi connectivity index (χ3v) is 3.14. The summed E-state index contributed by atoms with van der Waals surface area (Å²) in [7, 11) is 0. The molecule has 0 spiro atoms. The third-order valence-electron chi connectivity index (χ3n) is 3.14. The quantitative estimate of drug-likeness (QED) is 0.794. The van der Waals surface area contributed by atoms with E-state index in [-0.39, 0.29) is 6.42 Å². The highest BCUT2D eigenvalue weighted by atomic mass is 19.1. The topological polar surface area (TPSA) is 42.2 Å². The van der Waals surface area contributed by atoms with Crippen LogP contribution in [-0.2, 0) is 11.2 Å². The Bertz CT molecular complexity index is 791. The zero-order valence-electron chi connectivity index (χ0n) is 10.9. The lowest BCUT2D eigenvalue weighted by atomic mass is 10.1. The van der Waals surface area contributed by atoms with Crippen LogP contribution in [0.15, 0.2) is 53.1 Å². The van der Waals surface area contributed by atoms with Crippen molar-refractivity contribution in [3.05, 3.63) is 65.9 Å². The number of hydrogen-bond donors (Lipinski definition) is 1. The standard InChI is InChI=1S/C16H11F2NO2/c17-12-5-3-6-13(18)16(12)19-15(20)8-10-9-21-14-7-2-1-4-11(10)14/h1-7,9H,8H2,(H,19,20). The van der Waals surface area contributed by atoms with Crippen molar-refractivity contribution < 1.29 is 18.0 Å². The van der Waals surface area contributed by atoms with Gasteiger partial charge in [-0.1, -0.05) is 24.3 Å². The molecule has 0 aliphatic rings. The summed E-state index contributed by atoms with van der Waals surface area (Å²) in [5.41, 5.74) is 0.896. The fraction of sp³-hybridized carbons (Fsp3) is 0.0625. The van der Waals surface area contributed by atoms with Gasteiger partial charge in [0, 0.05) is 10.9 Å². The highest BCUT2D eigenvalue weighted by Gasteiger charge is 2.14. The van der Waals surface area contributed by atoms with Gasteiger partial charge in [-0.3, -0.25) is 4.79 Å². The number of carbonyl (C=O) groups excluding carboxylic acids is 1. The smallest absolute Gasteiger partial charge is 0.229 e. The second-order valence-corrected chi connectivity index (χ2v) is 4.58. The van der Waals surface area contributed by atoms with E-state index >= 15 is 0 Å². The SMILES string of the molecule is O=C(Cc1coc2ccccc12)Nc1c(F)cccc1F. The molecule has 5 heteroatoms. The fourth-order valence-corrected chi connectivity index (χ4v) is 2.14. The van der Waals surface area contributed by atoms with Crippen LogP contribution in [0.2, 0.25) is 0 Å². The van der Waals surface area contributed by atoms with Crippen LogP contribution in [0.4, 0.5) is 14.5 Å². The number of rotatable bonds is 3. The monoisotopic (exact) mass is 287 g/mol.